The Labute approximate surface area is 117 Å². The van der Waals surface area contributed by atoms with Gasteiger partial charge in [0.25, 0.3) is 0 Å². The van der Waals surface area contributed by atoms with Crippen LogP contribution in [0.1, 0.15) is 18.1 Å². The maximum absolute atomic E-state index is 12.8. The first-order valence-electron chi connectivity index (χ1n) is 6.07. The second kappa shape index (κ2) is 6.59. The Kier molecular flexibility index (Phi) is 5.64. The van der Waals surface area contributed by atoms with Gasteiger partial charge in [0, 0.05) is 32.2 Å². The highest BCUT2D eigenvalue weighted by atomic mass is 35.5. The van der Waals surface area contributed by atoms with Gasteiger partial charge in [0.15, 0.2) is 0 Å². The minimum absolute atomic E-state index is 0. The zero-order valence-corrected chi connectivity index (χ0v) is 11.5. The number of hydrogen-bond acceptors (Lipinski definition) is 2. The van der Waals surface area contributed by atoms with E-state index in [1.165, 1.54) is 6.07 Å². The van der Waals surface area contributed by atoms with E-state index < -0.39 is 11.7 Å². The van der Waals surface area contributed by atoms with Crippen molar-refractivity contribution in [3.05, 3.63) is 35.4 Å². The number of benzene rings is 1. The molecule has 1 N–H and O–H groups in total. The molecule has 1 fully saturated rings. The van der Waals surface area contributed by atoms with Crippen LogP contribution < -0.4 is 5.32 Å². The first-order valence-corrected chi connectivity index (χ1v) is 6.07. The Balaban J connectivity index is 0.00000180. The van der Waals surface area contributed by atoms with E-state index in [1.807, 2.05) is 6.92 Å². The predicted molar refractivity (Wildman–Crippen MR) is 71.4 cm³/mol. The molecule has 0 spiro atoms. The summed E-state index contributed by atoms with van der Waals surface area (Å²) >= 11 is 0. The lowest BCUT2D eigenvalue weighted by Gasteiger charge is -2.32. The maximum Gasteiger partial charge on any atom is 0.416 e. The van der Waals surface area contributed by atoms with E-state index in [9.17, 15) is 13.2 Å². The fourth-order valence-electron chi connectivity index (χ4n) is 2.33. The van der Waals surface area contributed by atoms with Gasteiger partial charge < -0.3 is 5.32 Å². The largest absolute Gasteiger partial charge is 0.416 e. The third-order valence-corrected chi connectivity index (χ3v) is 3.17. The van der Waals surface area contributed by atoms with Crippen LogP contribution in [0, 0.1) is 0 Å². The molecule has 0 radical (unpaired) electrons. The van der Waals surface area contributed by atoms with Crippen LogP contribution >= 0.6 is 12.4 Å². The summed E-state index contributed by atoms with van der Waals surface area (Å²) in [7, 11) is 0. The highest BCUT2D eigenvalue weighted by molar-refractivity contribution is 5.85. The quantitative estimate of drug-likeness (QED) is 0.902. The van der Waals surface area contributed by atoms with Crippen LogP contribution in [0.15, 0.2) is 24.3 Å². The first kappa shape index (κ1) is 16.3. The van der Waals surface area contributed by atoms with Gasteiger partial charge in [-0.15, -0.1) is 12.4 Å². The number of halogens is 4. The van der Waals surface area contributed by atoms with Crippen molar-refractivity contribution in [2.75, 3.05) is 19.6 Å². The number of hydrogen-bond donors (Lipinski definition) is 1. The fraction of sp³-hybridized carbons (Fsp3) is 0.538. The summed E-state index contributed by atoms with van der Waals surface area (Å²) in [5, 5.41) is 3.28. The number of rotatable bonds is 2. The van der Waals surface area contributed by atoms with E-state index in [0.29, 0.717) is 18.2 Å². The third kappa shape index (κ3) is 4.37. The van der Waals surface area contributed by atoms with Gasteiger partial charge in [-0.1, -0.05) is 18.2 Å². The van der Waals surface area contributed by atoms with E-state index in [4.69, 9.17) is 0 Å². The number of alkyl halides is 3. The molecule has 1 aromatic carbocycles. The lowest BCUT2D eigenvalue weighted by atomic mass is 10.1. The Hall–Kier alpha value is -0.780. The predicted octanol–water partition coefficient (Wildman–Crippen LogP) is 2.92. The molecule has 108 valence electrons. The molecule has 0 bridgehead atoms. The van der Waals surface area contributed by atoms with E-state index in [2.05, 4.69) is 10.2 Å². The van der Waals surface area contributed by atoms with Crippen molar-refractivity contribution in [1.82, 2.24) is 10.2 Å². The monoisotopic (exact) mass is 294 g/mol. The lowest BCUT2D eigenvalue weighted by molar-refractivity contribution is -0.138. The van der Waals surface area contributed by atoms with Crippen LogP contribution in [-0.2, 0) is 12.7 Å². The van der Waals surface area contributed by atoms with E-state index >= 15 is 0 Å². The van der Waals surface area contributed by atoms with Gasteiger partial charge in [-0.05, 0) is 18.6 Å². The number of piperazine rings is 1. The summed E-state index contributed by atoms with van der Waals surface area (Å²) in [5.41, 5.74) is -0.157. The second-order valence-electron chi connectivity index (χ2n) is 4.75. The van der Waals surface area contributed by atoms with Crippen LogP contribution in [0.3, 0.4) is 0 Å². The molecule has 6 heteroatoms. The summed E-state index contributed by atoms with van der Waals surface area (Å²) in [6, 6.07) is 6.15. The van der Waals surface area contributed by atoms with Crippen molar-refractivity contribution in [3.63, 3.8) is 0 Å². The van der Waals surface area contributed by atoms with Gasteiger partial charge >= 0.3 is 6.18 Å². The molecule has 1 unspecified atom stereocenters. The highest BCUT2D eigenvalue weighted by Gasteiger charge is 2.33. The molecule has 1 aromatic rings. The smallest absolute Gasteiger partial charge is 0.312 e. The van der Waals surface area contributed by atoms with Crippen LogP contribution in [0.2, 0.25) is 0 Å². The van der Waals surface area contributed by atoms with Crippen LogP contribution in [0.25, 0.3) is 0 Å². The summed E-state index contributed by atoms with van der Waals surface area (Å²) in [5.74, 6) is 0. The van der Waals surface area contributed by atoms with Crippen molar-refractivity contribution >= 4 is 12.4 Å². The van der Waals surface area contributed by atoms with Crippen molar-refractivity contribution in [1.29, 1.82) is 0 Å². The van der Waals surface area contributed by atoms with E-state index in [-0.39, 0.29) is 12.4 Å². The standard InChI is InChI=1S/C13H17F3N2.ClH/c1-10-8-18(7-6-17-10)9-11-4-2-3-5-12(11)13(14,15)16;/h2-5,10,17H,6-9H2,1H3;1H. The van der Waals surface area contributed by atoms with Crippen molar-refractivity contribution in [2.45, 2.75) is 25.7 Å². The lowest BCUT2D eigenvalue weighted by Crippen LogP contribution is -2.48. The Morgan fingerprint density at radius 3 is 2.63 bits per heavy atom. The average Bonchev–Trinajstić information content (AvgIpc) is 2.28. The first-order chi connectivity index (χ1) is 8.47. The molecular weight excluding hydrogens is 277 g/mol. The molecule has 19 heavy (non-hydrogen) atoms. The van der Waals surface area contributed by atoms with E-state index in [1.54, 1.807) is 12.1 Å². The molecule has 0 aromatic heterocycles. The minimum Gasteiger partial charge on any atom is -0.312 e. The molecule has 2 rings (SSSR count). The van der Waals surface area contributed by atoms with Crippen molar-refractivity contribution < 1.29 is 13.2 Å². The Morgan fingerprint density at radius 2 is 2.00 bits per heavy atom. The average molecular weight is 295 g/mol. The van der Waals surface area contributed by atoms with Gasteiger partial charge in [0.2, 0.25) is 0 Å². The summed E-state index contributed by atoms with van der Waals surface area (Å²) in [6.45, 7) is 4.81. The second-order valence-corrected chi connectivity index (χ2v) is 4.75. The van der Waals surface area contributed by atoms with Gasteiger partial charge in [0.1, 0.15) is 0 Å². The zero-order valence-electron chi connectivity index (χ0n) is 10.7. The molecule has 1 aliphatic heterocycles. The molecule has 1 saturated heterocycles. The molecule has 2 nitrogen and oxygen atoms in total. The summed E-state index contributed by atoms with van der Waals surface area (Å²) < 4.78 is 38.5. The van der Waals surface area contributed by atoms with Crippen LogP contribution in [-0.4, -0.2) is 30.6 Å². The fourth-order valence-corrected chi connectivity index (χ4v) is 2.33. The molecule has 1 atom stereocenters. The summed E-state index contributed by atoms with van der Waals surface area (Å²) in [4.78, 5) is 2.06. The van der Waals surface area contributed by atoms with Gasteiger partial charge in [-0.2, -0.15) is 13.2 Å². The third-order valence-electron chi connectivity index (χ3n) is 3.17. The van der Waals surface area contributed by atoms with Gasteiger partial charge in [0.05, 0.1) is 5.56 Å². The topological polar surface area (TPSA) is 15.3 Å². The van der Waals surface area contributed by atoms with Crippen LogP contribution in [0.4, 0.5) is 13.2 Å². The van der Waals surface area contributed by atoms with Crippen molar-refractivity contribution in [2.24, 2.45) is 0 Å². The summed E-state index contributed by atoms with van der Waals surface area (Å²) in [6.07, 6.45) is -4.27. The normalized spacial score (nSPS) is 20.9. The number of nitrogens with one attached hydrogen (secondary N) is 1. The van der Waals surface area contributed by atoms with Gasteiger partial charge in [-0.25, -0.2) is 0 Å². The molecule has 0 aliphatic carbocycles. The molecule has 1 aliphatic rings. The Bertz CT molecular complexity index is 409. The zero-order chi connectivity index (χ0) is 13.2. The molecular formula is C13H18ClF3N2. The van der Waals surface area contributed by atoms with E-state index in [0.717, 1.165) is 25.7 Å². The van der Waals surface area contributed by atoms with Crippen molar-refractivity contribution in [3.8, 4) is 0 Å². The number of nitrogens with zero attached hydrogens (tertiary/aromatic N) is 1. The Morgan fingerprint density at radius 1 is 1.32 bits per heavy atom. The van der Waals surface area contributed by atoms with Gasteiger partial charge in [-0.3, -0.25) is 4.90 Å². The molecule has 0 amide bonds. The SMILES string of the molecule is CC1CN(Cc2ccccc2C(F)(F)F)CCN1.Cl. The highest BCUT2D eigenvalue weighted by Crippen LogP contribution is 2.32. The van der Waals surface area contributed by atoms with Crippen LogP contribution in [0.5, 0.6) is 0 Å². The minimum atomic E-state index is -4.27. The molecule has 0 saturated carbocycles. The maximum atomic E-state index is 12.8. The molecule has 1 heterocycles.